The third-order valence-corrected chi connectivity index (χ3v) is 3.28. The van der Waals surface area contributed by atoms with Crippen molar-refractivity contribution in [2.45, 2.75) is 26.7 Å². The molecule has 104 valence electrons. The standard InChI is InChI=1S/C14H19N3O.ClH/c1-10-6-4-7-11(2)13(10)16-14(18)15-12-8-5-9-17(12)3;/h4,6-7H,5,8-9H2,1-3H3,(H,16,18);1H. The van der Waals surface area contributed by atoms with Crippen LogP contribution in [0.3, 0.4) is 0 Å². The van der Waals surface area contributed by atoms with Crippen molar-refractivity contribution in [3.63, 3.8) is 0 Å². The largest absolute Gasteiger partial charge is 0.363 e. The topological polar surface area (TPSA) is 44.7 Å². The molecule has 1 aliphatic rings. The first-order valence-electron chi connectivity index (χ1n) is 6.24. The smallest absolute Gasteiger partial charge is 0.347 e. The number of amidine groups is 1. The fourth-order valence-corrected chi connectivity index (χ4v) is 2.20. The second-order valence-corrected chi connectivity index (χ2v) is 4.75. The summed E-state index contributed by atoms with van der Waals surface area (Å²) >= 11 is 0. The molecule has 0 saturated carbocycles. The summed E-state index contributed by atoms with van der Waals surface area (Å²) in [6.45, 7) is 4.95. The van der Waals surface area contributed by atoms with Gasteiger partial charge in [-0.3, -0.25) is 0 Å². The van der Waals surface area contributed by atoms with Gasteiger partial charge in [0.05, 0.1) is 0 Å². The molecule has 1 aromatic carbocycles. The third-order valence-electron chi connectivity index (χ3n) is 3.28. The average molecular weight is 282 g/mol. The molecule has 2 amide bonds. The Labute approximate surface area is 120 Å². The Kier molecular flexibility index (Phi) is 5.36. The number of carbonyl (C=O) groups excluding carboxylic acids is 1. The van der Waals surface area contributed by atoms with Crippen molar-refractivity contribution in [2.75, 3.05) is 18.9 Å². The first kappa shape index (κ1) is 15.5. The van der Waals surface area contributed by atoms with Gasteiger partial charge in [-0.25, -0.2) is 4.79 Å². The van der Waals surface area contributed by atoms with Crippen LogP contribution in [0.2, 0.25) is 0 Å². The van der Waals surface area contributed by atoms with E-state index in [1.54, 1.807) is 0 Å². The summed E-state index contributed by atoms with van der Waals surface area (Å²) in [5.74, 6) is 0.874. The minimum Gasteiger partial charge on any atom is -0.363 e. The van der Waals surface area contributed by atoms with E-state index in [1.165, 1.54) is 0 Å². The molecule has 0 atom stereocenters. The maximum Gasteiger partial charge on any atom is 0.347 e. The molecule has 1 aromatic rings. The van der Waals surface area contributed by atoms with Gasteiger partial charge in [0, 0.05) is 25.7 Å². The molecule has 0 spiro atoms. The minimum absolute atomic E-state index is 0. The van der Waals surface area contributed by atoms with Crippen LogP contribution >= 0.6 is 12.4 Å². The van der Waals surface area contributed by atoms with Crippen molar-refractivity contribution in [1.29, 1.82) is 0 Å². The Bertz CT molecular complexity index is 479. The molecule has 1 aliphatic heterocycles. The van der Waals surface area contributed by atoms with Crippen LogP contribution in [0.1, 0.15) is 24.0 Å². The summed E-state index contributed by atoms with van der Waals surface area (Å²) < 4.78 is 0. The van der Waals surface area contributed by atoms with Crippen molar-refractivity contribution in [3.05, 3.63) is 29.3 Å². The summed E-state index contributed by atoms with van der Waals surface area (Å²) in [5, 5.41) is 2.87. The number of likely N-dealkylation sites (tertiary alicyclic amines) is 1. The molecule has 0 aromatic heterocycles. The van der Waals surface area contributed by atoms with Crippen molar-refractivity contribution >= 4 is 30.0 Å². The van der Waals surface area contributed by atoms with E-state index in [0.717, 1.165) is 42.0 Å². The molecule has 4 nitrogen and oxygen atoms in total. The van der Waals surface area contributed by atoms with Gasteiger partial charge in [-0.15, -0.1) is 12.4 Å². The number of benzene rings is 1. The van der Waals surface area contributed by atoms with Gasteiger partial charge in [0.15, 0.2) is 0 Å². The van der Waals surface area contributed by atoms with Crippen molar-refractivity contribution < 1.29 is 4.79 Å². The maximum atomic E-state index is 11.9. The molecule has 0 aliphatic carbocycles. The van der Waals surface area contributed by atoms with Gasteiger partial charge in [0.2, 0.25) is 0 Å². The van der Waals surface area contributed by atoms with Gasteiger partial charge < -0.3 is 10.2 Å². The molecule has 1 N–H and O–H groups in total. The van der Waals surface area contributed by atoms with E-state index in [9.17, 15) is 4.79 Å². The monoisotopic (exact) mass is 281 g/mol. The number of nitrogens with zero attached hydrogens (tertiary/aromatic N) is 2. The average Bonchev–Trinajstić information content (AvgIpc) is 2.70. The van der Waals surface area contributed by atoms with Crippen LogP contribution in [0.15, 0.2) is 23.2 Å². The number of para-hydroxylation sites is 1. The number of urea groups is 1. The highest BCUT2D eigenvalue weighted by molar-refractivity contribution is 6.01. The number of aryl methyl sites for hydroxylation is 2. The number of halogens is 1. The molecular formula is C14H20ClN3O. The van der Waals surface area contributed by atoms with Crippen LogP contribution < -0.4 is 5.32 Å². The molecule has 1 fully saturated rings. The fourth-order valence-electron chi connectivity index (χ4n) is 2.20. The lowest BCUT2D eigenvalue weighted by atomic mass is 10.1. The second-order valence-electron chi connectivity index (χ2n) is 4.75. The molecule has 0 unspecified atom stereocenters. The van der Waals surface area contributed by atoms with Crippen molar-refractivity contribution in [3.8, 4) is 0 Å². The first-order valence-corrected chi connectivity index (χ1v) is 6.24. The molecule has 5 heteroatoms. The molecule has 1 heterocycles. The fraction of sp³-hybridized carbons (Fsp3) is 0.429. The summed E-state index contributed by atoms with van der Waals surface area (Å²) in [7, 11) is 1.97. The second kappa shape index (κ2) is 6.57. The first-order chi connectivity index (χ1) is 8.58. The molecule has 1 saturated heterocycles. The van der Waals surface area contributed by atoms with Gasteiger partial charge in [-0.05, 0) is 31.4 Å². The highest BCUT2D eigenvalue weighted by Crippen LogP contribution is 2.19. The number of anilines is 1. The van der Waals surface area contributed by atoms with Crippen LogP contribution in [0.5, 0.6) is 0 Å². The third kappa shape index (κ3) is 3.70. The van der Waals surface area contributed by atoms with E-state index in [1.807, 2.05) is 44.0 Å². The van der Waals surface area contributed by atoms with Gasteiger partial charge in [0.1, 0.15) is 5.84 Å². The van der Waals surface area contributed by atoms with Crippen molar-refractivity contribution in [2.24, 2.45) is 4.99 Å². The number of carbonyl (C=O) groups is 1. The van der Waals surface area contributed by atoms with Gasteiger partial charge in [0.25, 0.3) is 0 Å². The Hall–Kier alpha value is -1.55. The molecular weight excluding hydrogens is 262 g/mol. The highest BCUT2D eigenvalue weighted by Gasteiger charge is 2.16. The number of hydrogen-bond donors (Lipinski definition) is 1. The molecule has 2 rings (SSSR count). The Balaban J connectivity index is 0.00000180. The van der Waals surface area contributed by atoms with Crippen LogP contribution in [-0.2, 0) is 0 Å². The summed E-state index contributed by atoms with van der Waals surface area (Å²) in [6, 6.07) is 5.67. The highest BCUT2D eigenvalue weighted by atomic mass is 35.5. The van der Waals surface area contributed by atoms with E-state index in [2.05, 4.69) is 10.3 Å². The number of aliphatic imine (C=N–C) groups is 1. The number of amides is 2. The number of nitrogens with one attached hydrogen (secondary N) is 1. The maximum absolute atomic E-state index is 11.9. The zero-order valence-corrected chi connectivity index (χ0v) is 12.4. The van der Waals surface area contributed by atoms with E-state index in [0.29, 0.717) is 0 Å². The lowest BCUT2D eigenvalue weighted by molar-refractivity contribution is 0.259. The van der Waals surface area contributed by atoms with Crippen LogP contribution in [-0.4, -0.2) is 30.4 Å². The lowest BCUT2D eigenvalue weighted by Crippen LogP contribution is -2.22. The zero-order valence-electron chi connectivity index (χ0n) is 11.6. The zero-order chi connectivity index (χ0) is 13.1. The van der Waals surface area contributed by atoms with Gasteiger partial charge >= 0.3 is 6.03 Å². The molecule has 0 bridgehead atoms. The van der Waals surface area contributed by atoms with Crippen molar-refractivity contribution in [1.82, 2.24) is 4.90 Å². The van der Waals surface area contributed by atoms with E-state index < -0.39 is 0 Å². The van der Waals surface area contributed by atoms with E-state index >= 15 is 0 Å². The Morgan fingerprint density at radius 1 is 1.32 bits per heavy atom. The quantitative estimate of drug-likeness (QED) is 0.858. The Morgan fingerprint density at radius 3 is 2.47 bits per heavy atom. The lowest BCUT2D eigenvalue weighted by Gasteiger charge is -2.12. The Morgan fingerprint density at radius 2 is 1.95 bits per heavy atom. The summed E-state index contributed by atoms with van der Waals surface area (Å²) in [5.41, 5.74) is 2.99. The van der Waals surface area contributed by atoms with Crippen LogP contribution in [0, 0.1) is 13.8 Å². The normalized spacial score (nSPS) is 16.4. The van der Waals surface area contributed by atoms with Crippen LogP contribution in [0.25, 0.3) is 0 Å². The minimum atomic E-state index is -0.281. The SMILES string of the molecule is Cc1cccc(C)c1NC(=O)N=C1CCCN1C.Cl. The summed E-state index contributed by atoms with van der Waals surface area (Å²) in [4.78, 5) is 18.1. The molecule has 0 radical (unpaired) electrons. The summed E-state index contributed by atoms with van der Waals surface area (Å²) in [6.07, 6.45) is 1.96. The molecule has 19 heavy (non-hydrogen) atoms. The predicted molar refractivity (Wildman–Crippen MR) is 81.5 cm³/mol. The predicted octanol–water partition coefficient (Wildman–Crippen LogP) is 3.38. The van der Waals surface area contributed by atoms with E-state index in [4.69, 9.17) is 0 Å². The number of rotatable bonds is 1. The van der Waals surface area contributed by atoms with E-state index in [-0.39, 0.29) is 18.4 Å². The number of hydrogen-bond acceptors (Lipinski definition) is 1. The van der Waals surface area contributed by atoms with Crippen LogP contribution in [0.4, 0.5) is 10.5 Å². The van der Waals surface area contributed by atoms with Gasteiger partial charge in [-0.1, -0.05) is 18.2 Å². The van der Waals surface area contributed by atoms with Gasteiger partial charge in [-0.2, -0.15) is 4.99 Å².